The number of carbonyl (C=O) groups is 1. The van der Waals surface area contributed by atoms with Gasteiger partial charge in [0.25, 0.3) is 5.91 Å². The molecule has 0 aromatic carbocycles. The van der Waals surface area contributed by atoms with Crippen molar-refractivity contribution in [1.29, 1.82) is 0 Å². The highest BCUT2D eigenvalue weighted by Gasteiger charge is 2.18. The SMILES string of the molecule is CCC(CC)N(C)C(=O)c1ccnc(N)c1. The second-order valence-electron chi connectivity index (χ2n) is 3.86. The Kier molecular flexibility index (Phi) is 4.28. The van der Waals surface area contributed by atoms with Crippen LogP contribution in [0.5, 0.6) is 0 Å². The molecule has 0 unspecified atom stereocenters. The number of pyridine rings is 1. The maximum atomic E-state index is 12.1. The molecule has 0 saturated heterocycles. The molecular weight excluding hydrogens is 202 g/mol. The fourth-order valence-electron chi connectivity index (χ4n) is 1.79. The predicted molar refractivity (Wildman–Crippen MR) is 65.1 cm³/mol. The molecule has 88 valence electrons. The van der Waals surface area contributed by atoms with Gasteiger partial charge in [-0.15, -0.1) is 0 Å². The van der Waals surface area contributed by atoms with Crippen molar-refractivity contribution in [1.82, 2.24) is 9.88 Å². The van der Waals surface area contributed by atoms with Crippen molar-refractivity contribution >= 4 is 11.7 Å². The number of amides is 1. The van der Waals surface area contributed by atoms with Gasteiger partial charge in [0.05, 0.1) is 0 Å². The number of hydrogen-bond donors (Lipinski definition) is 1. The minimum absolute atomic E-state index is 0.00259. The Hall–Kier alpha value is -1.58. The van der Waals surface area contributed by atoms with Crippen LogP contribution in [0.1, 0.15) is 37.0 Å². The van der Waals surface area contributed by atoms with E-state index >= 15 is 0 Å². The second kappa shape index (κ2) is 5.49. The lowest BCUT2D eigenvalue weighted by molar-refractivity contribution is 0.0723. The van der Waals surface area contributed by atoms with Gasteiger partial charge in [-0.3, -0.25) is 4.79 Å². The number of nitrogens with zero attached hydrogens (tertiary/aromatic N) is 2. The summed E-state index contributed by atoms with van der Waals surface area (Å²) in [5, 5.41) is 0. The summed E-state index contributed by atoms with van der Waals surface area (Å²) in [4.78, 5) is 17.7. The molecule has 4 heteroatoms. The summed E-state index contributed by atoms with van der Waals surface area (Å²) in [6.45, 7) is 4.16. The first-order valence-electron chi connectivity index (χ1n) is 5.58. The molecule has 1 aromatic heterocycles. The van der Waals surface area contributed by atoms with E-state index in [4.69, 9.17) is 5.73 Å². The highest BCUT2D eigenvalue weighted by atomic mass is 16.2. The van der Waals surface area contributed by atoms with Crippen molar-refractivity contribution < 1.29 is 4.79 Å². The summed E-state index contributed by atoms with van der Waals surface area (Å²) >= 11 is 0. The Morgan fingerprint density at radius 2 is 2.12 bits per heavy atom. The molecule has 0 aliphatic carbocycles. The van der Waals surface area contributed by atoms with E-state index in [0.717, 1.165) is 12.8 Å². The highest BCUT2D eigenvalue weighted by molar-refractivity contribution is 5.94. The second-order valence-corrected chi connectivity index (χ2v) is 3.86. The van der Waals surface area contributed by atoms with Gasteiger partial charge < -0.3 is 10.6 Å². The zero-order valence-electron chi connectivity index (χ0n) is 10.1. The Morgan fingerprint density at radius 3 is 2.62 bits per heavy atom. The number of anilines is 1. The van der Waals surface area contributed by atoms with E-state index in [1.165, 1.54) is 0 Å². The normalized spacial score (nSPS) is 10.5. The average molecular weight is 221 g/mol. The third kappa shape index (κ3) is 2.72. The third-order valence-corrected chi connectivity index (χ3v) is 2.84. The largest absolute Gasteiger partial charge is 0.384 e. The van der Waals surface area contributed by atoms with Crippen LogP contribution in [-0.4, -0.2) is 28.9 Å². The van der Waals surface area contributed by atoms with E-state index < -0.39 is 0 Å². The molecule has 0 spiro atoms. The van der Waals surface area contributed by atoms with Crippen molar-refractivity contribution in [3.8, 4) is 0 Å². The monoisotopic (exact) mass is 221 g/mol. The summed E-state index contributed by atoms with van der Waals surface area (Å²) in [6.07, 6.45) is 3.47. The van der Waals surface area contributed by atoms with Gasteiger partial charge in [0.1, 0.15) is 5.82 Å². The van der Waals surface area contributed by atoms with Gasteiger partial charge in [-0.25, -0.2) is 4.98 Å². The number of carbonyl (C=O) groups excluding carboxylic acids is 1. The Bertz CT molecular complexity index is 361. The number of aromatic nitrogens is 1. The van der Waals surface area contributed by atoms with E-state index in [-0.39, 0.29) is 11.9 Å². The van der Waals surface area contributed by atoms with E-state index in [1.807, 2.05) is 7.05 Å². The quantitative estimate of drug-likeness (QED) is 0.845. The summed E-state index contributed by atoms with van der Waals surface area (Å²) in [7, 11) is 1.83. The molecule has 1 amide bonds. The van der Waals surface area contributed by atoms with Crippen LogP contribution in [0.4, 0.5) is 5.82 Å². The molecule has 0 aliphatic rings. The smallest absolute Gasteiger partial charge is 0.254 e. The number of rotatable bonds is 4. The Balaban J connectivity index is 2.85. The number of nitrogen functional groups attached to an aromatic ring is 1. The van der Waals surface area contributed by atoms with Crippen molar-refractivity contribution in [3.63, 3.8) is 0 Å². The molecule has 0 aliphatic heterocycles. The molecule has 0 atom stereocenters. The van der Waals surface area contributed by atoms with Crippen LogP contribution in [0.3, 0.4) is 0 Å². The summed E-state index contributed by atoms with van der Waals surface area (Å²) in [5.41, 5.74) is 6.15. The first kappa shape index (κ1) is 12.5. The van der Waals surface area contributed by atoms with Crippen molar-refractivity contribution in [2.45, 2.75) is 32.7 Å². The van der Waals surface area contributed by atoms with Gasteiger partial charge in [0.2, 0.25) is 0 Å². The topological polar surface area (TPSA) is 59.2 Å². The van der Waals surface area contributed by atoms with Crippen LogP contribution >= 0.6 is 0 Å². The van der Waals surface area contributed by atoms with Gasteiger partial charge in [0.15, 0.2) is 0 Å². The van der Waals surface area contributed by atoms with E-state index in [9.17, 15) is 4.79 Å². The van der Waals surface area contributed by atoms with Crippen molar-refractivity contribution in [3.05, 3.63) is 23.9 Å². The van der Waals surface area contributed by atoms with Crippen LogP contribution in [0.15, 0.2) is 18.3 Å². The van der Waals surface area contributed by atoms with E-state index in [1.54, 1.807) is 23.2 Å². The molecule has 0 radical (unpaired) electrons. The molecule has 1 rings (SSSR count). The minimum Gasteiger partial charge on any atom is -0.384 e. The maximum absolute atomic E-state index is 12.1. The van der Waals surface area contributed by atoms with E-state index in [0.29, 0.717) is 11.4 Å². The maximum Gasteiger partial charge on any atom is 0.254 e. The minimum atomic E-state index is 0.00259. The zero-order chi connectivity index (χ0) is 12.1. The number of hydrogen-bond acceptors (Lipinski definition) is 3. The lowest BCUT2D eigenvalue weighted by Gasteiger charge is -2.26. The lowest BCUT2D eigenvalue weighted by Crippen LogP contribution is -2.36. The fraction of sp³-hybridized carbons (Fsp3) is 0.500. The van der Waals surface area contributed by atoms with Crippen molar-refractivity contribution in [2.75, 3.05) is 12.8 Å². The predicted octanol–water partition coefficient (Wildman–Crippen LogP) is 1.92. The summed E-state index contributed by atoms with van der Waals surface area (Å²) < 4.78 is 0. The zero-order valence-corrected chi connectivity index (χ0v) is 10.1. The van der Waals surface area contributed by atoms with Gasteiger partial charge in [-0.05, 0) is 25.0 Å². The van der Waals surface area contributed by atoms with Gasteiger partial charge in [0, 0.05) is 24.8 Å². The Morgan fingerprint density at radius 1 is 1.50 bits per heavy atom. The first-order valence-corrected chi connectivity index (χ1v) is 5.58. The fourth-order valence-corrected chi connectivity index (χ4v) is 1.79. The summed E-state index contributed by atoms with van der Waals surface area (Å²) in [6, 6.07) is 3.58. The molecule has 0 fully saturated rings. The molecule has 1 heterocycles. The molecule has 16 heavy (non-hydrogen) atoms. The third-order valence-electron chi connectivity index (χ3n) is 2.84. The van der Waals surface area contributed by atoms with Gasteiger partial charge >= 0.3 is 0 Å². The first-order chi connectivity index (χ1) is 7.60. The van der Waals surface area contributed by atoms with Crippen LogP contribution in [0.25, 0.3) is 0 Å². The molecule has 1 aromatic rings. The van der Waals surface area contributed by atoms with Crippen LogP contribution in [0.2, 0.25) is 0 Å². The molecule has 0 bridgehead atoms. The average Bonchev–Trinajstić information content (AvgIpc) is 2.29. The van der Waals surface area contributed by atoms with Crippen LogP contribution in [0, 0.1) is 0 Å². The standard InChI is InChI=1S/C12H19N3O/c1-4-10(5-2)15(3)12(16)9-6-7-14-11(13)8-9/h6-8,10H,4-5H2,1-3H3,(H2,13,14). The molecule has 0 saturated carbocycles. The Labute approximate surface area is 96.5 Å². The lowest BCUT2D eigenvalue weighted by atomic mass is 10.1. The molecular formula is C12H19N3O. The summed E-state index contributed by atoms with van der Waals surface area (Å²) in [5.74, 6) is 0.381. The van der Waals surface area contributed by atoms with Crippen LogP contribution in [-0.2, 0) is 0 Å². The van der Waals surface area contributed by atoms with Crippen LogP contribution < -0.4 is 5.73 Å². The van der Waals surface area contributed by atoms with Gasteiger partial charge in [-0.2, -0.15) is 0 Å². The molecule has 4 nitrogen and oxygen atoms in total. The van der Waals surface area contributed by atoms with Gasteiger partial charge in [-0.1, -0.05) is 13.8 Å². The van der Waals surface area contributed by atoms with E-state index in [2.05, 4.69) is 18.8 Å². The van der Waals surface area contributed by atoms with Crippen molar-refractivity contribution in [2.24, 2.45) is 0 Å². The number of nitrogens with two attached hydrogens (primary N) is 1. The highest BCUT2D eigenvalue weighted by Crippen LogP contribution is 2.12. The molecule has 2 N–H and O–H groups in total.